The van der Waals surface area contributed by atoms with Crippen LogP contribution in [0.5, 0.6) is 0 Å². The number of benzene rings is 1. The number of hydrogen-bond donors (Lipinski definition) is 2. The van der Waals surface area contributed by atoms with E-state index in [1.807, 2.05) is 30.3 Å². The van der Waals surface area contributed by atoms with Gasteiger partial charge < -0.3 is 10.4 Å². The molecular formula is C16H25NO. The Bertz CT molecular complexity index is 341. The Hall–Kier alpha value is -1.02. The van der Waals surface area contributed by atoms with Gasteiger partial charge in [-0.15, -0.1) is 0 Å². The molecule has 1 aromatic rings. The summed E-state index contributed by atoms with van der Waals surface area (Å²) >= 11 is 0. The van der Waals surface area contributed by atoms with Crippen molar-refractivity contribution in [2.24, 2.45) is 5.92 Å². The van der Waals surface area contributed by atoms with Crippen LogP contribution in [0.4, 0.5) is 5.69 Å². The summed E-state index contributed by atoms with van der Waals surface area (Å²) in [6, 6.07) is 10.1. The zero-order valence-corrected chi connectivity index (χ0v) is 11.4. The van der Waals surface area contributed by atoms with Crippen LogP contribution < -0.4 is 5.32 Å². The van der Waals surface area contributed by atoms with Crippen LogP contribution >= 0.6 is 0 Å². The highest BCUT2D eigenvalue weighted by molar-refractivity contribution is 5.42. The molecule has 18 heavy (non-hydrogen) atoms. The van der Waals surface area contributed by atoms with Gasteiger partial charge >= 0.3 is 0 Å². The lowest BCUT2D eigenvalue weighted by molar-refractivity contribution is 0.00159. The second kappa shape index (κ2) is 6.24. The van der Waals surface area contributed by atoms with E-state index in [2.05, 4.69) is 12.2 Å². The highest BCUT2D eigenvalue weighted by Crippen LogP contribution is 2.34. The monoisotopic (exact) mass is 247 g/mol. The second-order valence-corrected chi connectivity index (χ2v) is 5.68. The van der Waals surface area contributed by atoms with Crippen LogP contribution in [-0.2, 0) is 0 Å². The van der Waals surface area contributed by atoms with Crippen LogP contribution in [0.3, 0.4) is 0 Å². The molecule has 2 heteroatoms. The molecule has 1 fully saturated rings. The molecule has 0 amide bonds. The summed E-state index contributed by atoms with van der Waals surface area (Å²) in [6.45, 7) is 2.92. The third-order valence-electron chi connectivity index (χ3n) is 4.13. The Morgan fingerprint density at radius 2 is 1.89 bits per heavy atom. The summed E-state index contributed by atoms with van der Waals surface area (Å²) in [5, 5.41) is 13.9. The average molecular weight is 247 g/mol. The first-order valence-electron chi connectivity index (χ1n) is 7.23. The van der Waals surface area contributed by atoms with Crippen molar-refractivity contribution < 1.29 is 5.11 Å². The maximum Gasteiger partial charge on any atom is 0.0819 e. The molecule has 0 heterocycles. The molecule has 0 aliphatic heterocycles. The largest absolute Gasteiger partial charge is 0.388 e. The van der Waals surface area contributed by atoms with Gasteiger partial charge in [0.25, 0.3) is 0 Å². The molecule has 0 bridgehead atoms. The second-order valence-electron chi connectivity index (χ2n) is 5.68. The maximum absolute atomic E-state index is 10.6. The zero-order chi connectivity index (χ0) is 12.8. The summed E-state index contributed by atoms with van der Waals surface area (Å²) in [5.74, 6) is 0.840. The van der Waals surface area contributed by atoms with Crippen LogP contribution in [0.2, 0.25) is 0 Å². The minimum Gasteiger partial charge on any atom is -0.388 e. The standard InChI is InChI=1S/C16H25NO/c1-2-6-14-9-11-16(18,12-10-14)13-17-15-7-4-3-5-8-15/h3-5,7-8,14,17-18H,2,6,9-13H2,1H3. The van der Waals surface area contributed by atoms with E-state index < -0.39 is 5.60 Å². The Labute approximate surface area is 110 Å². The molecule has 1 aliphatic rings. The molecule has 0 spiro atoms. The lowest BCUT2D eigenvalue weighted by atomic mass is 9.77. The lowest BCUT2D eigenvalue weighted by Gasteiger charge is -2.36. The molecule has 1 saturated carbocycles. The number of rotatable bonds is 5. The maximum atomic E-state index is 10.6. The van der Waals surface area contributed by atoms with Crippen LogP contribution in [-0.4, -0.2) is 17.3 Å². The number of aliphatic hydroxyl groups is 1. The van der Waals surface area contributed by atoms with Gasteiger partial charge in [-0.05, 0) is 43.7 Å². The van der Waals surface area contributed by atoms with E-state index in [9.17, 15) is 5.11 Å². The van der Waals surface area contributed by atoms with Gasteiger partial charge in [0.15, 0.2) is 0 Å². The van der Waals surface area contributed by atoms with Gasteiger partial charge in [-0.2, -0.15) is 0 Å². The van der Waals surface area contributed by atoms with Gasteiger partial charge in [0.1, 0.15) is 0 Å². The van der Waals surface area contributed by atoms with E-state index >= 15 is 0 Å². The predicted octanol–water partition coefficient (Wildman–Crippen LogP) is 3.82. The highest BCUT2D eigenvalue weighted by Gasteiger charge is 2.32. The van der Waals surface area contributed by atoms with Gasteiger partial charge in [-0.1, -0.05) is 38.0 Å². The van der Waals surface area contributed by atoms with Gasteiger partial charge in [0, 0.05) is 12.2 Å². The van der Waals surface area contributed by atoms with E-state index in [1.54, 1.807) is 0 Å². The summed E-state index contributed by atoms with van der Waals surface area (Å²) in [6.07, 6.45) is 6.84. The average Bonchev–Trinajstić information content (AvgIpc) is 2.41. The van der Waals surface area contributed by atoms with Gasteiger partial charge in [-0.3, -0.25) is 0 Å². The Kier molecular flexibility index (Phi) is 4.65. The molecule has 1 aromatic carbocycles. The molecule has 0 radical (unpaired) electrons. The third-order valence-corrected chi connectivity index (χ3v) is 4.13. The first kappa shape index (κ1) is 13.4. The third kappa shape index (κ3) is 3.74. The van der Waals surface area contributed by atoms with Crippen molar-refractivity contribution in [2.45, 2.75) is 51.0 Å². The Morgan fingerprint density at radius 1 is 1.22 bits per heavy atom. The minimum absolute atomic E-state index is 0.500. The first-order chi connectivity index (χ1) is 8.72. The van der Waals surface area contributed by atoms with E-state index in [0.29, 0.717) is 6.54 Å². The number of nitrogens with one attached hydrogen (secondary N) is 1. The van der Waals surface area contributed by atoms with Crippen molar-refractivity contribution in [3.8, 4) is 0 Å². The fraction of sp³-hybridized carbons (Fsp3) is 0.625. The van der Waals surface area contributed by atoms with Crippen LogP contribution in [0.25, 0.3) is 0 Å². The zero-order valence-electron chi connectivity index (χ0n) is 11.4. The van der Waals surface area contributed by atoms with E-state index in [4.69, 9.17) is 0 Å². The Morgan fingerprint density at radius 3 is 2.50 bits per heavy atom. The van der Waals surface area contributed by atoms with E-state index in [0.717, 1.165) is 24.4 Å². The summed E-state index contributed by atoms with van der Waals surface area (Å²) in [7, 11) is 0. The van der Waals surface area contributed by atoms with Crippen LogP contribution in [0.15, 0.2) is 30.3 Å². The van der Waals surface area contributed by atoms with Crippen molar-refractivity contribution in [1.29, 1.82) is 0 Å². The molecule has 0 unspecified atom stereocenters. The number of anilines is 1. The molecule has 2 nitrogen and oxygen atoms in total. The molecule has 2 N–H and O–H groups in total. The van der Waals surface area contributed by atoms with Crippen molar-refractivity contribution in [1.82, 2.24) is 0 Å². The summed E-state index contributed by atoms with van der Waals surface area (Å²) < 4.78 is 0. The number of hydrogen-bond acceptors (Lipinski definition) is 2. The quantitative estimate of drug-likeness (QED) is 0.829. The first-order valence-corrected chi connectivity index (χ1v) is 7.23. The SMILES string of the molecule is CCCC1CCC(O)(CNc2ccccc2)CC1. The molecule has 1 aliphatic carbocycles. The van der Waals surface area contributed by atoms with Crippen molar-refractivity contribution in [3.05, 3.63) is 30.3 Å². The molecule has 0 aromatic heterocycles. The fourth-order valence-corrected chi connectivity index (χ4v) is 2.91. The smallest absolute Gasteiger partial charge is 0.0819 e. The van der Waals surface area contributed by atoms with Crippen LogP contribution in [0.1, 0.15) is 45.4 Å². The van der Waals surface area contributed by atoms with Crippen molar-refractivity contribution in [3.63, 3.8) is 0 Å². The minimum atomic E-state index is -0.500. The Balaban J connectivity index is 1.79. The molecule has 2 rings (SSSR count). The fourth-order valence-electron chi connectivity index (χ4n) is 2.91. The predicted molar refractivity (Wildman–Crippen MR) is 76.7 cm³/mol. The van der Waals surface area contributed by atoms with E-state index in [1.165, 1.54) is 25.7 Å². The lowest BCUT2D eigenvalue weighted by Crippen LogP contribution is -2.40. The topological polar surface area (TPSA) is 32.3 Å². The summed E-state index contributed by atoms with van der Waals surface area (Å²) in [5.41, 5.74) is 0.599. The highest BCUT2D eigenvalue weighted by atomic mass is 16.3. The van der Waals surface area contributed by atoms with E-state index in [-0.39, 0.29) is 0 Å². The molecule has 0 saturated heterocycles. The molecular weight excluding hydrogens is 222 g/mol. The molecule has 0 atom stereocenters. The van der Waals surface area contributed by atoms with Gasteiger partial charge in [-0.25, -0.2) is 0 Å². The molecule has 100 valence electrons. The van der Waals surface area contributed by atoms with Crippen molar-refractivity contribution in [2.75, 3.05) is 11.9 Å². The van der Waals surface area contributed by atoms with Crippen LogP contribution in [0, 0.1) is 5.92 Å². The van der Waals surface area contributed by atoms with Crippen molar-refractivity contribution >= 4 is 5.69 Å². The van der Waals surface area contributed by atoms with Gasteiger partial charge in [0.05, 0.1) is 5.60 Å². The number of para-hydroxylation sites is 1. The normalized spacial score (nSPS) is 28.0. The summed E-state index contributed by atoms with van der Waals surface area (Å²) in [4.78, 5) is 0. The van der Waals surface area contributed by atoms with Gasteiger partial charge in [0.2, 0.25) is 0 Å².